The van der Waals surface area contributed by atoms with Gasteiger partial charge in [-0.1, -0.05) is 5.10 Å². The minimum Gasteiger partial charge on any atom is -0.469 e. The quantitative estimate of drug-likeness (QED) is 0.575. The van der Waals surface area contributed by atoms with E-state index in [2.05, 4.69) is 41.4 Å². The molecule has 0 aliphatic rings. The van der Waals surface area contributed by atoms with Crippen molar-refractivity contribution in [3.05, 3.63) is 29.2 Å². The fourth-order valence-corrected chi connectivity index (χ4v) is 1.98. The van der Waals surface area contributed by atoms with E-state index in [9.17, 15) is 26.7 Å². The molecule has 12 nitrogen and oxygen atoms in total. The summed E-state index contributed by atoms with van der Waals surface area (Å²) in [6.07, 6.45) is -4.84. The van der Waals surface area contributed by atoms with Gasteiger partial charge in [-0.05, 0) is 33.0 Å². The van der Waals surface area contributed by atoms with E-state index in [1.165, 1.54) is 7.05 Å². The lowest BCUT2D eigenvalue weighted by atomic mass is 10.2. The van der Waals surface area contributed by atoms with E-state index in [0.717, 1.165) is 10.7 Å². The van der Waals surface area contributed by atoms with Crippen LogP contribution >= 0.6 is 0 Å². The molecule has 0 bridgehead atoms. The number of hydrogen-bond donors (Lipinski definition) is 1. The number of rotatable bonds is 6. The molecule has 17 heteroatoms. The molecule has 0 aliphatic carbocycles. The maximum Gasteiger partial charge on any atom is 0.433 e. The first-order valence-electron chi connectivity index (χ1n) is 7.46. The largest absolute Gasteiger partial charge is 0.469 e. The van der Waals surface area contributed by atoms with Crippen LogP contribution in [0, 0.1) is 0 Å². The molecule has 0 saturated heterocycles. The molecule has 0 atom stereocenters. The Labute approximate surface area is 156 Å². The average molecular weight is 420 g/mol. The van der Waals surface area contributed by atoms with Crippen LogP contribution in [0.4, 0.5) is 27.9 Å². The zero-order chi connectivity index (χ0) is 21.2. The molecule has 3 heterocycles. The van der Waals surface area contributed by atoms with Crippen LogP contribution in [0.3, 0.4) is 0 Å². The van der Waals surface area contributed by atoms with Crippen LogP contribution in [0.2, 0.25) is 0 Å². The third-order valence-corrected chi connectivity index (χ3v) is 3.32. The van der Waals surface area contributed by atoms with E-state index in [1.54, 1.807) is 0 Å². The van der Waals surface area contributed by atoms with Crippen LogP contribution in [0.1, 0.15) is 28.4 Å². The van der Waals surface area contributed by atoms with Gasteiger partial charge < -0.3 is 4.74 Å². The number of hydrogen-bond acceptors (Lipinski definition) is 9. The van der Waals surface area contributed by atoms with E-state index >= 15 is 0 Å². The van der Waals surface area contributed by atoms with Crippen molar-refractivity contribution in [2.45, 2.75) is 19.3 Å². The van der Waals surface area contributed by atoms with Crippen LogP contribution in [0.15, 0.2) is 12.1 Å². The number of aromatic nitrogens is 9. The molecular formula is C12H9F5N10O2. The second-order valence-corrected chi connectivity index (χ2v) is 5.23. The van der Waals surface area contributed by atoms with Crippen LogP contribution < -0.4 is 10.1 Å². The van der Waals surface area contributed by atoms with E-state index in [-0.39, 0.29) is 10.6 Å². The van der Waals surface area contributed by atoms with Gasteiger partial charge in [-0.25, -0.2) is 9.67 Å². The summed E-state index contributed by atoms with van der Waals surface area (Å²) in [6, 6.07) is 1.36. The zero-order valence-electron chi connectivity index (χ0n) is 14.2. The standard InChI is InChI=1S/C12H9F5N10O2/c1-26-11(21-23-24-26)19-8(28)5-2-3-6(12(15,16)17)18-9(5)29-4-7-20-22-25-27(7)10(13)14/h2-3,10H,4H2,1H3,(H,19,21,24,28). The molecule has 3 aromatic rings. The summed E-state index contributed by atoms with van der Waals surface area (Å²) in [7, 11) is 1.40. The van der Waals surface area contributed by atoms with Crippen LogP contribution in [0.25, 0.3) is 0 Å². The third kappa shape index (κ3) is 4.38. The van der Waals surface area contributed by atoms with Crippen LogP contribution in [-0.4, -0.2) is 51.3 Å². The van der Waals surface area contributed by atoms with Crippen LogP contribution in [0.5, 0.6) is 5.88 Å². The van der Waals surface area contributed by atoms with Gasteiger partial charge in [-0.3, -0.25) is 10.1 Å². The second kappa shape index (κ2) is 7.68. The Balaban J connectivity index is 1.90. The second-order valence-electron chi connectivity index (χ2n) is 5.23. The maximum atomic E-state index is 13.0. The Morgan fingerprint density at radius 3 is 2.55 bits per heavy atom. The van der Waals surface area contributed by atoms with Crippen molar-refractivity contribution in [2.75, 3.05) is 5.32 Å². The van der Waals surface area contributed by atoms with Crippen molar-refractivity contribution in [1.29, 1.82) is 0 Å². The molecule has 1 N–H and O–H groups in total. The Morgan fingerprint density at radius 2 is 1.93 bits per heavy atom. The van der Waals surface area contributed by atoms with Crippen LogP contribution in [-0.2, 0) is 19.8 Å². The van der Waals surface area contributed by atoms with E-state index < -0.39 is 48.2 Å². The average Bonchev–Trinajstić information content (AvgIpc) is 3.28. The van der Waals surface area contributed by atoms with E-state index in [4.69, 9.17) is 4.74 Å². The minimum atomic E-state index is -4.84. The maximum absolute atomic E-state index is 13.0. The monoisotopic (exact) mass is 420 g/mol. The summed E-state index contributed by atoms with van der Waals surface area (Å²) >= 11 is 0. The number of amides is 1. The topological polar surface area (TPSA) is 138 Å². The Morgan fingerprint density at radius 1 is 1.21 bits per heavy atom. The van der Waals surface area contributed by atoms with Crippen molar-refractivity contribution in [3.63, 3.8) is 0 Å². The Hall–Kier alpha value is -3.79. The molecule has 0 spiro atoms. The number of carbonyl (C=O) groups excluding carboxylic acids is 1. The Kier molecular flexibility index (Phi) is 5.29. The van der Waals surface area contributed by atoms with Crippen molar-refractivity contribution in [3.8, 4) is 5.88 Å². The van der Waals surface area contributed by atoms with Gasteiger partial charge in [-0.15, -0.1) is 5.10 Å². The number of alkyl halides is 5. The molecule has 0 radical (unpaired) electrons. The van der Waals surface area contributed by atoms with Gasteiger partial charge in [0.2, 0.25) is 11.8 Å². The van der Waals surface area contributed by atoms with Gasteiger partial charge >= 0.3 is 12.7 Å². The van der Waals surface area contributed by atoms with Crippen molar-refractivity contribution >= 4 is 11.9 Å². The number of nitrogens with one attached hydrogen (secondary N) is 1. The van der Waals surface area contributed by atoms with Crippen molar-refractivity contribution < 1.29 is 31.5 Å². The van der Waals surface area contributed by atoms with E-state index in [0.29, 0.717) is 6.07 Å². The zero-order valence-corrected chi connectivity index (χ0v) is 14.2. The number of nitrogens with zero attached hydrogens (tertiary/aromatic N) is 9. The molecule has 154 valence electrons. The van der Waals surface area contributed by atoms with Gasteiger partial charge in [0, 0.05) is 7.05 Å². The van der Waals surface area contributed by atoms with Crippen molar-refractivity contribution in [1.82, 2.24) is 45.4 Å². The van der Waals surface area contributed by atoms with Gasteiger partial charge in [0.05, 0.1) is 0 Å². The highest BCUT2D eigenvalue weighted by Crippen LogP contribution is 2.30. The first-order valence-corrected chi connectivity index (χ1v) is 7.46. The number of ether oxygens (including phenoxy) is 1. The number of pyridine rings is 1. The molecule has 0 unspecified atom stereocenters. The summed E-state index contributed by atoms with van der Waals surface area (Å²) in [6.45, 7) is -3.89. The minimum absolute atomic E-state index is 0.0958. The smallest absolute Gasteiger partial charge is 0.433 e. The number of halogens is 5. The molecule has 3 rings (SSSR count). The fraction of sp³-hybridized carbons (Fsp3) is 0.333. The summed E-state index contributed by atoms with van der Waals surface area (Å²) in [5, 5.41) is 21.9. The first kappa shape index (κ1) is 20.0. The van der Waals surface area contributed by atoms with E-state index in [1.807, 2.05) is 0 Å². The van der Waals surface area contributed by atoms with Gasteiger partial charge in [0.25, 0.3) is 5.91 Å². The summed E-state index contributed by atoms with van der Waals surface area (Å²) in [4.78, 5) is 15.7. The highest BCUT2D eigenvalue weighted by Gasteiger charge is 2.34. The highest BCUT2D eigenvalue weighted by molar-refractivity contribution is 6.04. The fourth-order valence-electron chi connectivity index (χ4n) is 1.98. The summed E-state index contributed by atoms with van der Waals surface area (Å²) in [5.74, 6) is -2.34. The molecule has 0 fully saturated rings. The Bertz CT molecular complexity index is 1020. The van der Waals surface area contributed by atoms with Crippen molar-refractivity contribution in [2.24, 2.45) is 7.05 Å². The molecule has 0 aliphatic heterocycles. The number of tetrazole rings is 2. The predicted octanol–water partition coefficient (Wildman–Crippen LogP) is 0.837. The number of carbonyl (C=O) groups is 1. The molecule has 0 aromatic carbocycles. The molecule has 1 amide bonds. The number of anilines is 1. The molecular weight excluding hydrogens is 411 g/mol. The third-order valence-electron chi connectivity index (χ3n) is 3.32. The molecule has 3 aromatic heterocycles. The van der Waals surface area contributed by atoms with Gasteiger partial charge in [-0.2, -0.15) is 26.6 Å². The molecule has 29 heavy (non-hydrogen) atoms. The molecule has 0 saturated carbocycles. The SMILES string of the molecule is Cn1nnnc1NC(=O)c1ccc(C(F)(F)F)nc1OCc1nnnn1C(F)F. The highest BCUT2D eigenvalue weighted by atomic mass is 19.4. The summed E-state index contributed by atoms with van der Waals surface area (Å²) in [5.41, 5.74) is -1.80. The first-order chi connectivity index (χ1) is 13.7. The lowest BCUT2D eigenvalue weighted by Crippen LogP contribution is -2.19. The predicted molar refractivity (Wildman–Crippen MR) is 79.4 cm³/mol. The summed E-state index contributed by atoms with van der Waals surface area (Å²) < 4.78 is 70.7. The number of aryl methyl sites for hydroxylation is 1. The van der Waals surface area contributed by atoms with Gasteiger partial charge in [0.1, 0.15) is 11.3 Å². The lowest BCUT2D eigenvalue weighted by Gasteiger charge is -2.13. The normalized spacial score (nSPS) is 11.7. The lowest BCUT2D eigenvalue weighted by molar-refractivity contribution is -0.141. The van der Waals surface area contributed by atoms with Gasteiger partial charge in [0.15, 0.2) is 12.4 Å².